The number of hydrogen-bond donors (Lipinski definition) is 1. The molecule has 0 atom stereocenters. The highest BCUT2D eigenvalue weighted by Crippen LogP contribution is 2.41. The predicted octanol–water partition coefficient (Wildman–Crippen LogP) is 5.72. The molecule has 0 aliphatic rings. The second-order valence-electron chi connectivity index (χ2n) is 5.86. The van der Waals surface area contributed by atoms with E-state index in [4.69, 9.17) is 5.73 Å². The van der Waals surface area contributed by atoms with E-state index < -0.39 is 0 Å². The summed E-state index contributed by atoms with van der Waals surface area (Å²) in [5.41, 5.74) is 10.6. The highest BCUT2D eigenvalue weighted by Gasteiger charge is 2.13. The van der Waals surface area contributed by atoms with Gasteiger partial charge in [0.25, 0.3) is 0 Å². The number of thiophene rings is 1. The third-order valence-corrected chi connectivity index (χ3v) is 5.61. The van der Waals surface area contributed by atoms with Gasteiger partial charge in [0.1, 0.15) is 0 Å². The minimum Gasteiger partial charge on any atom is -0.398 e. The summed E-state index contributed by atoms with van der Waals surface area (Å²) >= 11 is 1.81. The second kappa shape index (κ2) is 6.54. The first-order valence-corrected chi connectivity index (χ1v) is 8.99. The van der Waals surface area contributed by atoms with Crippen molar-refractivity contribution in [3.05, 3.63) is 78.4 Å². The van der Waals surface area contributed by atoms with Crippen molar-refractivity contribution in [2.45, 2.75) is 0 Å². The van der Waals surface area contributed by atoms with Gasteiger partial charge < -0.3 is 5.73 Å². The van der Waals surface area contributed by atoms with Crippen LogP contribution >= 0.6 is 11.3 Å². The lowest BCUT2D eigenvalue weighted by molar-refractivity contribution is 1.47. The van der Waals surface area contributed by atoms with Crippen molar-refractivity contribution in [2.75, 3.05) is 7.05 Å². The molecule has 1 heterocycles. The van der Waals surface area contributed by atoms with E-state index in [2.05, 4.69) is 65.7 Å². The van der Waals surface area contributed by atoms with Gasteiger partial charge in [-0.2, -0.15) is 0 Å². The van der Waals surface area contributed by atoms with Gasteiger partial charge >= 0.3 is 0 Å². The van der Waals surface area contributed by atoms with E-state index >= 15 is 0 Å². The molecule has 4 aromatic rings. The van der Waals surface area contributed by atoms with Crippen LogP contribution in [0.1, 0.15) is 5.56 Å². The molecular formula is C22H18N2S. The zero-order valence-corrected chi connectivity index (χ0v) is 14.8. The van der Waals surface area contributed by atoms with Gasteiger partial charge in [-0.3, -0.25) is 4.99 Å². The van der Waals surface area contributed by atoms with E-state index in [1.165, 1.54) is 31.3 Å². The minimum atomic E-state index is 0.740. The standard InChI is InChI=1S/C22H18N2S/c1-24-14-13-20(23)19-12-6-11-18-17-10-5-9-16(21(17)25-22(18)19)15-7-3-2-4-8-15/h2-14H,23H2,1H3. The molecule has 2 N–H and O–H groups in total. The summed E-state index contributed by atoms with van der Waals surface area (Å²) in [6.07, 6.45) is 3.59. The van der Waals surface area contributed by atoms with E-state index in [0.717, 1.165) is 11.3 Å². The number of fused-ring (bicyclic) bond motifs is 3. The normalized spacial score (nSPS) is 12.4. The Hall–Kier alpha value is -2.91. The highest BCUT2D eigenvalue weighted by molar-refractivity contribution is 7.26. The fraction of sp³-hybridized carbons (Fsp3) is 0.0455. The summed E-state index contributed by atoms with van der Waals surface area (Å²) in [6, 6.07) is 23.4. The van der Waals surface area contributed by atoms with Crippen molar-refractivity contribution >= 4 is 43.4 Å². The van der Waals surface area contributed by atoms with Gasteiger partial charge in [0.15, 0.2) is 0 Å². The van der Waals surface area contributed by atoms with Crippen LogP contribution in [0.5, 0.6) is 0 Å². The zero-order chi connectivity index (χ0) is 17.2. The van der Waals surface area contributed by atoms with Crippen molar-refractivity contribution < 1.29 is 0 Å². The Bertz CT molecular complexity index is 1110. The fourth-order valence-corrected chi connectivity index (χ4v) is 4.51. The maximum atomic E-state index is 6.29. The minimum absolute atomic E-state index is 0.740. The summed E-state index contributed by atoms with van der Waals surface area (Å²) in [7, 11) is 1.75. The van der Waals surface area contributed by atoms with E-state index in [1.807, 2.05) is 12.1 Å². The maximum Gasteiger partial charge on any atom is 0.0448 e. The Morgan fingerprint density at radius 2 is 1.60 bits per heavy atom. The molecule has 0 bridgehead atoms. The van der Waals surface area contributed by atoms with Crippen LogP contribution in [-0.4, -0.2) is 13.3 Å². The monoisotopic (exact) mass is 342 g/mol. The molecule has 0 aliphatic heterocycles. The average Bonchev–Trinajstić information content (AvgIpc) is 3.05. The van der Waals surface area contributed by atoms with E-state index in [-0.39, 0.29) is 0 Å². The second-order valence-corrected chi connectivity index (χ2v) is 6.88. The summed E-state index contributed by atoms with van der Waals surface area (Å²) in [4.78, 5) is 4.00. The van der Waals surface area contributed by atoms with Gasteiger partial charge in [-0.15, -0.1) is 11.3 Å². The van der Waals surface area contributed by atoms with Crippen molar-refractivity contribution in [1.29, 1.82) is 0 Å². The first-order valence-electron chi connectivity index (χ1n) is 8.17. The Morgan fingerprint density at radius 1 is 0.880 bits per heavy atom. The quantitative estimate of drug-likeness (QED) is 0.475. The lowest BCUT2D eigenvalue weighted by Crippen LogP contribution is -1.96. The van der Waals surface area contributed by atoms with E-state index in [0.29, 0.717) is 0 Å². The lowest BCUT2D eigenvalue weighted by atomic mass is 10.0. The topological polar surface area (TPSA) is 38.4 Å². The third kappa shape index (κ3) is 2.73. The van der Waals surface area contributed by atoms with Gasteiger partial charge in [0, 0.05) is 44.7 Å². The van der Waals surface area contributed by atoms with E-state index in [9.17, 15) is 0 Å². The molecule has 1 aromatic heterocycles. The molecule has 3 heteroatoms. The van der Waals surface area contributed by atoms with Crippen molar-refractivity contribution in [3.8, 4) is 11.1 Å². The van der Waals surface area contributed by atoms with Gasteiger partial charge in [-0.25, -0.2) is 0 Å². The molecule has 2 nitrogen and oxygen atoms in total. The van der Waals surface area contributed by atoms with Gasteiger partial charge in [0.05, 0.1) is 0 Å². The number of nitrogens with zero attached hydrogens (tertiary/aromatic N) is 1. The third-order valence-electron chi connectivity index (χ3n) is 4.32. The molecule has 0 unspecified atom stereocenters. The summed E-state index contributed by atoms with van der Waals surface area (Å²) < 4.78 is 2.52. The first-order chi connectivity index (χ1) is 12.3. The molecule has 4 rings (SSSR count). The van der Waals surface area contributed by atoms with Crippen LogP contribution in [0.15, 0.2) is 77.8 Å². The van der Waals surface area contributed by atoms with Crippen LogP contribution in [0.3, 0.4) is 0 Å². The van der Waals surface area contributed by atoms with Crippen LogP contribution in [-0.2, 0) is 0 Å². The predicted molar refractivity (Wildman–Crippen MR) is 111 cm³/mol. The van der Waals surface area contributed by atoms with Crippen LogP contribution in [0.2, 0.25) is 0 Å². The fourth-order valence-electron chi connectivity index (χ4n) is 3.14. The Balaban J connectivity index is 2.02. The Morgan fingerprint density at radius 3 is 2.36 bits per heavy atom. The van der Waals surface area contributed by atoms with Crippen molar-refractivity contribution in [2.24, 2.45) is 10.7 Å². The maximum absolute atomic E-state index is 6.29. The van der Waals surface area contributed by atoms with Crippen molar-refractivity contribution in [3.63, 3.8) is 0 Å². The molecule has 3 aromatic carbocycles. The van der Waals surface area contributed by atoms with Gasteiger partial charge in [0.2, 0.25) is 0 Å². The Kier molecular flexibility index (Phi) is 4.08. The Labute approximate surface area is 150 Å². The smallest absolute Gasteiger partial charge is 0.0448 e. The van der Waals surface area contributed by atoms with Gasteiger partial charge in [-0.1, -0.05) is 66.7 Å². The highest BCUT2D eigenvalue weighted by atomic mass is 32.1. The molecule has 0 saturated heterocycles. The number of hydrogen-bond acceptors (Lipinski definition) is 3. The molecule has 25 heavy (non-hydrogen) atoms. The largest absolute Gasteiger partial charge is 0.398 e. The molecule has 0 amide bonds. The van der Waals surface area contributed by atoms with Crippen LogP contribution < -0.4 is 5.73 Å². The molecule has 0 radical (unpaired) electrons. The van der Waals surface area contributed by atoms with Crippen LogP contribution in [0.25, 0.3) is 37.0 Å². The lowest BCUT2D eigenvalue weighted by Gasteiger charge is -2.02. The molecule has 0 saturated carbocycles. The number of rotatable bonds is 3. The zero-order valence-electron chi connectivity index (χ0n) is 13.9. The number of aliphatic imine (C=N–C) groups is 1. The molecular weight excluding hydrogens is 324 g/mol. The summed E-state index contributed by atoms with van der Waals surface area (Å²) in [6.45, 7) is 0. The average molecular weight is 342 g/mol. The number of nitrogens with two attached hydrogens (primary N) is 1. The van der Waals surface area contributed by atoms with Crippen LogP contribution in [0, 0.1) is 0 Å². The molecule has 0 spiro atoms. The molecule has 122 valence electrons. The van der Waals surface area contributed by atoms with Crippen molar-refractivity contribution in [1.82, 2.24) is 0 Å². The summed E-state index contributed by atoms with van der Waals surface area (Å²) in [5.74, 6) is 0. The van der Waals surface area contributed by atoms with Crippen LogP contribution in [0.4, 0.5) is 0 Å². The molecule has 0 fully saturated rings. The van der Waals surface area contributed by atoms with Gasteiger partial charge in [-0.05, 0) is 17.2 Å². The number of allylic oxidation sites excluding steroid dienone is 1. The number of benzene rings is 3. The summed E-state index contributed by atoms with van der Waals surface area (Å²) in [5, 5.41) is 2.53. The SMILES string of the molecule is CN=CC=C(N)c1cccc2c1sc1c(-c3ccccc3)cccc12. The first kappa shape index (κ1) is 15.6. The molecule has 0 aliphatic carbocycles. The van der Waals surface area contributed by atoms with E-state index in [1.54, 1.807) is 24.6 Å².